The molecular formula is C6Br2F5Ga. The fourth-order valence-corrected chi connectivity index (χ4v) is 6.33. The molecule has 1 rings (SSSR count). The van der Waals surface area contributed by atoms with Crippen LogP contribution in [0.25, 0.3) is 0 Å². The topological polar surface area (TPSA) is 0 Å². The average Bonchev–Trinajstić information content (AvgIpc) is 2.11. The first-order valence-electron chi connectivity index (χ1n) is 3.17. The van der Waals surface area contributed by atoms with Gasteiger partial charge in [-0.3, -0.25) is 0 Å². The predicted molar refractivity (Wildman–Crippen MR) is 49.5 cm³/mol. The first kappa shape index (κ1) is 12.5. The van der Waals surface area contributed by atoms with Gasteiger partial charge >= 0.3 is 94.5 Å². The first-order valence-corrected chi connectivity index (χ1v) is 15.7. The molecule has 0 aromatic heterocycles. The summed E-state index contributed by atoms with van der Waals surface area (Å²) in [4.78, 5) is 0. The van der Waals surface area contributed by atoms with Gasteiger partial charge in [0, 0.05) is 0 Å². The van der Waals surface area contributed by atoms with Gasteiger partial charge in [0.2, 0.25) is 0 Å². The zero-order valence-corrected chi connectivity index (χ0v) is 11.8. The molecule has 8 heteroatoms. The summed E-state index contributed by atoms with van der Waals surface area (Å²) in [6.07, 6.45) is 0. The Morgan fingerprint density at radius 3 is 1.21 bits per heavy atom. The number of rotatable bonds is 1. The van der Waals surface area contributed by atoms with Gasteiger partial charge in [-0.05, 0) is 0 Å². The summed E-state index contributed by atoms with van der Waals surface area (Å²) in [5.74, 6) is -9.48. The summed E-state index contributed by atoms with van der Waals surface area (Å²) in [6, 6.07) is 0. The third-order valence-electron chi connectivity index (χ3n) is 1.46. The van der Waals surface area contributed by atoms with E-state index in [1.807, 2.05) is 0 Å². The molecule has 1 aromatic rings. The summed E-state index contributed by atoms with van der Waals surface area (Å²) in [5.41, 5.74) is 0. The van der Waals surface area contributed by atoms with Crippen molar-refractivity contribution in [2.75, 3.05) is 0 Å². The number of hydrogen-bond acceptors (Lipinski definition) is 0. The summed E-state index contributed by atoms with van der Waals surface area (Å²) in [7, 11) is 0. The van der Waals surface area contributed by atoms with Crippen LogP contribution in [-0.4, -0.2) is 12.3 Å². The van der Waals surface area contributed by atoms with Crippen LogP contribution in [0.5, 0.6) is 0 Å². The number of benzene rings is 1. The summed E-state index contributed by atoms with van der Waals surface area (Å²) >= 11 is 2.77. The molecule has 0 nitrogen and oxygen atoms in total. The molecule has 0 amide bonds. The molecule has 0 spiro atoms. The minimum absolute atomic E-state index is 0.756. The van der Waals surface area contributed by atoms with Crippen LogP contribution in [0.3, 0.4) is 0 Å². The van der Waals surface area contributed by atoms with Crippen molar-refractivity contribution in [3.05, 3.63) is 29.1 Å². The van der Waals surface area contributed by atoms with Crippen molar-refractivity contribution >= 4 is 43.5 Å². The molecule has 0 aliphatic rings. The third kappa shape index (κ3) is 2.02. The molecule has 0 saturated heterocycles. The van der Waals surface area contributed by atoms with Gasteiger partial charge in [-0.15, -0.1) is 0 Å². The average molecular weight is 397 g/mol. The number of hydrogen-bond donors (Lipinski definition) is 0. The van der Waals surface area contributed by atoms with E-state index in [0.29, 0.717) is 0 Å². The molecule has 0 fully saturated rings. The zero-order chi connectivity index (χ0) is 11.0. The fraction of sp³-hybridized carbons (Fsp3) is 0. The van der Waals surface area contributed by atoms with E-state index in [-0.39, 0.29) is 0 Å². The van der Waals surface area contributed by atoms with Crippen LogP contribution in [0.4, 0.5) is 22.0 Å². The van der Waals surface area contributed by atoms with Crippen molar-refractivity contribution in [3.63, 3.8) is 0 Å². The minimum atomic E-state index is -2.92. The molecule has 0 N–H and O–H groups in total. The summed E-state index contributed by atoms with van der Waals surface area (Å²) in [5, 5.41) is 0. The van der Waals surface area contributed by atoms with Crippen molar-refractivity contribution < 1.29 is 22.0 Å². The predicted octanol–water partition coefficient (Wildman–Crippen LogP) is 2.87. The van der Waals surface area contributed by atoms with Crippen molar-refractivity contribution in [3.8, 4) is 0 Å². The Balaban J connectivity index is 3.60. The monoisotopic (exact) mass is 394 g/mol. The van der Waals surface area contributed by atoms with E-state index in [2.05, 4.69) is 27.1 Å². The molecule has 0 saturated carbocycles. The van der Waals surface area contributed by atoms with Crippen LogP contribution in [0.1, 0.15) is 0 Å². The summed E-state index contributed by atoms with van der Waals surface area (Å²) < 4.78 is 62.8. The van der Waals surface area contributed by atoms with Gasteiger partial charge < -0.3 is 0 Å². The Bertz CT molecular complexity index is 352. The van der Waals surface area contributed by atoms with E-state index < -0.39 is 45.5 Å². The second-order valence-electron chi connectivity index (χ2n) is 2.28. The van der Waals surface area contributed by atoms with E-state index in [0.717, 1.165) is 0 Å². The molecule has 14 heavy (non-hydrogen) atoms. The fourth-order valence-electron chi connectivity index (χ4n) is 0.813. The Morgan fingerprint density at radius 1 is 0.643 bits per heavy atom. The van der Waals surface area contributed by atoms with Crippen molar-refractivity contribution in [2.45, 2.75) is 0 Å². The molecule has 0 heterocycles. The molecule has 0 radical (unpaired) electrons. The Morgan fingerprint density at radius 2 is 0.929 bits per heavy atom. The Hall–Kier alpha value is 0.466. The molecule has 0 aliphatic heterocycles. The molecule has 1 aromatic carbocycles. The second kappa shape index (κ2) is 4.54. The van der Waals surface area contributed by atoms with Crippen LogP contribution < -0.4 is 4.12 Å². The number of halogens is 7. The molecule has 76 valence electrons. The van der Waals surface area contributed by atoms with Crippen LogP contribution >= 0.6 is 27.1 Å². The molecule has 0 bridgehead atoms. The van der Waals surface area contributed by atoms with Gasteiger partial charge in [-0.25, -0.2) is 0 Å². The molecule has 0 aliphatic carbocycles. The Labute approximate surface area is 94.1 Å². The Kier molecular flexibility index (Phi) is 4.07. The van der Waals surface area contributed by atoms with Gasteiger partial charge in [0.25, 0.3) is 0 Å². The van der Waals surface area contributed by atoms with E-state index in [9.17, 15) is 22.0 Å². The van der Waals surface area contributed by atoms with E-state index in [4.69, 9.17) is 0 Å². The van der Waals surface area contributed by atoms with Crippen molar-refractivity contribution in [1.82, 2.24) is 0 Å². The van der Waals surface area contributed by atoms with Crippen molar-refractivity contribution in [2.24, 2.45) is 0 Å². The first-order chi connectivity index (χ1) is 6.37. The van der Waals surface area contributed by atoms with Gasteiger partial charge in [0.15, 0.2) is 0 Å². The molecule has 0 atom stereocenters. The van der Waals surface area contributed by atoms with Crippen LogP contribution in [-0.2, 0) is 0 Å². The molecular weight excluding hydrogens is 397 g/mol. The SMILES string of the molecule is Fc1c(F)c(F)[c]([Ga]([Br])[Br])c(F)c1F. The standard InChI is InChI=1S/C6F5.2BrH.Ga/c7-2-1-3(8)5(10)6(11)4(2)9;;;/h;2*1H;/q;;;+2/p-2. The van der Waals surface area contributed by atoms with E-state index in [1.54, 1.807) is 0 Å². The zero-order valence-electron chi connectivity index (χ0n) is 6.22. The van der Waals surface area contributed by atoms with Gasteiger partial charge in [0.1, 0.15) is 0 Å². The third-order valence-corrected chi connectivity index (χ3v) is 8.20. The second-order valence-corrected chi connectivity index (χ2v) is 20.7. The van der Waals surface area contributed by atoms with E-state index in [1.165, 1.54) is 0 Å². The van der Waals surface area contributed by atoms with Crippen molar-refractivity contribution in [1.29, 1.82) is 0 Å². The normalized spacial score (nSPS) is 10.5. The molecule has 0 unspecified atom stereocenters. The van der Waals surface area contributed by atoms with Gasteiger partial charge in [-0.2, -0.15) is 0 Å². The van der Waals surface area contributed by atoms with Crippen LogP contribution in [0.2, 0.25) is 0 Å². The quantitative estimate of drug-likeness (QED) is 0.296. The van der Waals surface area contributed by atoms with E-state index >= 15 is 0 Å². The maximum atomic E-state index is 12.9. The maximum absolute atomic E-state index is 12.9. The van der Waals surface area contributed by atoms with Gasteiger partial charge in [0.05, 0.1) is 0 Å². The van der Waals surface area contributed by atoms with Crippen LogP contribution in [0.15, 0.2) is 0 Å². The van der Waals surface area contributed by atoms with Gasteiger partial charge in [-0.1, -0.05) is 0 Å². The van der Waals surface area contributed by atoms with Crippen LogP contribution in [0, 0.1) is 29.1 Å². The summed E-state index contributed by atoms with van der Waals surface area (Å²) in [6.45, 7) is 0.